The number of carbonyl (C=O) groups is 1. The van der Waals surface area contributed by atoms with E-state index < -0.39 is 0 Å². The van der Waals surface area contributed by atoms with Crippen molar-refractivity contribution in [3.8, 4) is 0 Å². The fraction of sp³-hybridized carbons (Fsp3) is 0. The van der Waals surface area contributed by atoms with E-state index in [1.165, 1.54) is 18.6 Å². The van der Waals surface area contributed by atoms with Gasteiger partial charge < -0.3 is 10.3 Å². The predicted octanol–water partition coefficient (Wildman–Crippen LogP) is 2.26. The molecular formula is C12H8ClN5O. The van der Waals surface area contributed by atoms with E-state index in [0.717, 1.165) is 11.0 Å². The van der Waals surface area contributed by atoms with Crippen molar-refractivity contribution in [2.24, 2.45) is 0 Å². The summed E-state index contributed by atoms with van der Waals surface area (Å²) >= 11 is 5.76. The minimum Gasteiger partial charge on any atom is -0.329 e. The topological polar surface area (TPSA) is 83.6 Å². The SMILES string of the molecule is O=C(Nc1ccc2nc(Cl)[nH]c2c1)c1cnccn1. The fourth-order valence-corrected chi connectivity index (χ4v) is 1.86. The molecule has 2 aromatic heterocycles. The molecule has 7 heteroatoms. The van der Waals surface area contributed by atoms with Gasteiger partial charge in [-0.05, 0) is 29.8 Å². The van der Waals surface area contributed by atoms with E-state index in [4.69, 9.17) is 11.6 Å². The zero-order chi connectivity index (χ0) is 13.2. The molecule has 19 heavy (non-hydrogen) atoms. The number of carbonyl (C=O) groups excluding carboxylic acids is 1. The van der Waals surface area contributed by atoms with Gasteiger partial charge in [0.1, 0.15) is 5.69 Å². The van der Waals surface area contributed by atoms with Crippen molar-refractivity contribution in [1.29, 1.82) is 0 Å². The highest BCUT2D eigenvalue weighted by atomic mass is 35.5. The highest BCUT2D eigenvalue weighted by Gasteiger charge is 2.08. The number of halogens is 1. The Morgan fingerprint density at radius 1 is 1.32 bits per heavy atom. The van der Waals surface area contributed by atoms with Crippen molar-refractivity contribution in [2.75, 3.05) is 5.32 Å². The van der Waals surface area contributed by atoms with Crippen LogP contribution in [0.1, 0.15) is 10.5 Å². The van der Waals surface area contributed by atoms with Gasteiger partial charge in [0.15, 0.2) is 0 Å². The number of nitrogens with zero attached hydrogens (tertiary/aromatic N) is 3. The number of hydrogen-bond donors (Lipinski definition) is 2. The van der Waals surface area contributed by atoms with Gasteiger partial charge in [-0.25, -0.2) is 9.97 Å². The average Bonchev–Trinajstić information content (AvgIpc) is 2.79. The van der Waals surface area contributed by atoms with Crippen molar-refractivity contribution in [1.82, 2.24) is 19.9 Å². The predicted molar refractivity (Wildman–Crippen MR) is 71.1 cm³/mol. The molecule has 3 rings (SSSR count). The molecule has 0 aliphatic heterocycles. The molecule has 0 fully saturated rings. The van der Waals surface area contributed by atoms with E-state index in [2.05, 4.69) is 25.3 Å². The standard InChI is InChI=1S/C12H8ClN5O/c13-12-17-8-2-1-7(5-9(8)18-12)16-11(19)10-6-14-3-4-15-10/h1-6H,(H,16,19)(H,17,18). The molecule has 0 aliphatic carbocycles. The molecule has 0 spiro atoms. The third kappa shape index (κ3) is 2.38. The molecule has 1 aromatic carbocycles. The summed E-state index contributed by atoms with van der Waals surface area (Å²) in [5.41, 5.74) is 2.37. The minimum absolute atomic E-state index is 0.255. The Hall–Kier alpha value is -2.47. The molecule has 0 aliphatic rings. The Balaban J connectivity index is 1.87. The highest BCUT2D eigenvalue weighted by Crippen LogP contribution is 2.19. The maximum Gasteiger partial charge on any atom is 0.275 e. The summed E-state index contributed by atoms with van der Waals surface area (Å²) in [4.78, 5) is 26.6. The Kier molecular flexibility index (Phi) is 2.85. The zero-order valence-electron chi connectivity index (χ0n) is 9.59. The van der Waals surface area contributed by atoms with Crippen LogP contribution in [-0.4, -0.2) is 25.8 Å². The zero-order valence-corrected chi connectivity index (χ0v) is 10.3. The number of aromatic nitrogens is 4. The summed E-state index contributed by atoms with van der Waals surface area (Å²) in [6, 6.07) is 5.26. The number of rotatable bonds is 2. The smallest absolute Gasteiger partial charge is 0.275 e. The van der Waals surface area contributed by atoms with E-state index in [1.807, 2.05) is 0 Å². The molecule has 0 bridgehead atoms. The van der Waals surface area contributed by atoms with E-state index >= 15 is 0 Å². The Morgan fingerprint density at radius 3 is 3.00 bits per heavy atom. The Labute approximate surface area is 112 Å². The van der Waals surface area contributed by atoms with Crippen LogP contribution >= 0.6 is 11.6 Å². The quantitative estimate of drug-likeness (QED) is 0.750. The summed E-state index contributed by atoms with van der Waals surface area (Å²) in [5, 5.41) is 3.04. The lowest BCUT2D eigenvalue weighted by Gasteiger charge is -2.03. The summed E-state index contributed by atoms with van der Waals surface area (Å²) in [7, 11) is 0. The summed E-state index contributed by atoms with van der Waals surface area (Å²) in [5.74, 6) is -0.321. The molecule has 0 radical (unpaired) electrons. The second-order valence-corrected chi connectivity index (χ2v) is 4.16. The van der Waals surface area contributed by atoms with Gasteiger partial charge in [-0.15, -0.1) is 0 Å². The van der Waals surface area contributed by atoms with Gasteiger partial charge in [-0.3, -0.25) is 9.78 Å². The number of imidazole rings is 1. The van der Waals surface area contributed by atoms with Gasteiger partial charge in [-0.2, -0.15) is 0 Å². The van der Waals surface area contributed by atoms with Crippen molar-refractivity contribution < 1.29 is 4.79 Å². The number of H-pyrrole nitrogens is 1. The lowest BCUT2D eigenvalue weighted by Crippen LogP contribution is -2.13. The normalized spacial score (nSPS) is 10.6. The second kappa shape index (κ2) is 4.66. The van der Waals surface area contributed by atoms with Crippen LogP contribution in [0.2, 0.25) is 5.28 Å². The van der Waals surface area contributed by atoms with Crippen LogP contribution in [0.15, 0.2) is 36.8 Å². The van der Waals surface area contributed by atoms with Crippen LogP contribution in [0.5, 0.6) is 0 Å². The number of fused-ring (bicyclic) bond motifs is 1. The van der Waals surface area contributed by atoms with Gasteiger partial charge in [0.2, 0.25) is 5.28 Å². The van der Waals surface area contributed by atoms with Gasteiger partial charge in [0.25, 0.3) is 5.91 Å². The third-order valence-electron chi connectivity index (χ3n) is 2.51. The van der Waals surface area contributed by atoms with E-state index in [-0.39, 0.29) is 11.6 Å². The van der Waals surface area contributed by atoms with Gasteiger partial charge >= 0.3 is 0 Å². The van der Waals surface area contributed by atoms with Gasteiger partial charge in [0.05, 0.1) is 17.2 Å². The lowest BCUT2D eigenvalue weighted by atomic mass is 10.2. The average molecular weight is 274 g/mol. The van der Waals surface area contributed by atoms with Crippen molar-refractivity contribution in [3.05, 3.63) is 47.8 Å². The molecule has 2 N–H and O–H groups in total. The fourth-order valence-electron chi connectivity index (χ4n) is 1.67. The maximum atomic E-state index is 11.9. The molecule has 94 valence electrons. The first-order chi connectivity index (χ1) is 9.22. The molecule has 1 amide bonds. The number of nitrogens with one attached hydrogen (secondary N) is 2. The largest absolute Gasteiger partial charge is 0.329 e. The van der Waals surface area contributed by atoms with Gasteiger partial charge in [0, 0.05) is 18.1 Å². The molecule has 0 saturated heterocycles. The lowest BCUT2D eigenvalue weighted by molar-refractivity contribution is 0.102. The summed E-state index contributed by atoms with van der Waals surface area (Å²) < 4.78 is 0. The van der Waals surface area contributed by atoms with Crippen LogP contribution in [0.3, 0.4) is 0 Å². The third-order valence-corrected chi connectivity index (χ3v) is 2.69. The number of benzene rings is 1. The maximum absolute atomic E-state index is 11.9. The monoisotopic (exact) mass is 273 g/mol. The Bertz CT molecular complexity index is 740. The molecule has 3 aromatic rings. The van der Waals surface area contributed by atoms with E-state index in [0.29, 0.717) is 11.0 Å². The van der Waals surface area contributed by atoms with Crippen LogP contribution in [0, 0.1) is 0 Å². The van der Waals surface area contributed by atoms with Crippen molar-refractivity contribution in [3.63, 3.8) is 0 Å². The molecule has 2 heterocycles. The van der Waals surface area contributed by atoms with Crippen molar-refractivity contribution >= 4 is 34.2 Å². The van der Waals surface area contributed by atoms with E-state index in [9.17, 15) is 4.79 Å². The van der Waals surface area contributed by atoms with Crippen LogP contribution in [-0.2, 0) is 0 Å². The van der Waals surface area contributed by atoms with Crippen LogP contribution in [0.25, 0.3) is 11.0 Å². The second-order valence-electron chi connectivity index (χ2n) is 3.80. The molecule has 6 nitrogen and oxygen atoms in total. The van der Waals surface area contributed by atoms with Gasteiger partial charge in [-0.1, -0.05) is 0 Å². The first-order valence-electron chi connectivity index (χ1n) is 5.45. The first-order valence-corrected chi connectivity index (χ1v) is 5.83. The highest BCUT2D eigenvalue weighted by molar-refractivity contribution is 6.29. The first kappa shape index (κ1) is 11.6. The molecule has 0 unspecified atom stereocenters. The number of aromatic amines is 1. The number of hydrogen-bond acceptors (Lipinski definition) is 4. The molecule has 0 saturated carbocycles. The molecule has 0 atom stereocenters. The van der Waals surface area contributed by atoms with Crippen LogP contribution < -0.4 is 5.32 Å². The van der Waals surface area contributed by atoms with Crippen molar-refractivity contribution in [2.45, 2.75) is 0 Å². The van der Waals surface area contributed by atoms with E-state index in [1.54, 1.807) is 18.2 Å². The number of amides is 1. The Morgan fingerprint density at radius 2 is 2.21 bits per heavy atom. The number of anilines is 1. The molecular weight excluding hydrogens is 266 g/mol. The van der Waals surface area contributed by atoms with Crippen LogP contribution in [0.4, 0.5) is 5.69 Å². The summed E-state index contributed by atoms with van der Waals surface area (Å²) in [6.45, 7) is 0. The minimum atomic E-state index is -0.321. The summed E-state index contributed by atoms with van der Waals surface area (Å²) in [6.07, 6.45) is 4.38.